The molecule has 0 bridgehead atoms. The topological polar surface area (TPSA) is 72.9 Å². The van der Waals surface area contributed by atoms with Crippen LogP contribution in [0.15, 0.2) is 30.3 Å². The van der Waals surface area contributed by atoms with Gasteiger partial charge in [-0.25, -0.2) is 0 Å². The van der Waals surface area contributed by atoms with Gasteiger partial charge in [0.25, 0.3) is 0 Å². The van der Waals surface area contributed by atoms with E-state index in [0.717, 1.165) is 57.3 Å². The average Bonchev–Trinajstić information content (AvgIpc) is 3.31. The molecule has 6 nitrogen and oxygen atoms in total. The van der Waals surface area contributed by atoms with E-state index >= 15 is 0 Å². The van der Waals surface area contributed by atoms with Crippen LogP contribution in [0.2, 0.25) is 0 Å². The summed E-state index contributed by atoms with van der Waals surface area (Å²) >= 11 is 0. The number of benzene rings is 1. The van der Waals surface area contributed by atoms with Gasteiger partial charge in [0, 0.05) is 24.5 Å². The molecule has 1 spiro atoms. The molecule has 1 saturated heterocycles. The van der Waals surface area contributed by atoms with Crippen LogP contribution in [0.3, 0.4) is 0 Å². The molecule has 3 saturated carbocycles. The first-order valence-corrected chi connectivity index (χ1v) is 15.2. The lowest BCUT2D eigenvalue weighted by Crippen LogP contribution is -2.60. The van der Waals surface area contributed by atoms with Crippen molar-refractivity contribution in [3.63, 3.8) is 0 Å². The second kappa shape index (κ2) is 11.3. The summed E-state index contributed by atoms with van der Waals surface area (Å²) in [6.45, 7) is 3.61. The third kappa shape index (κ3) is 5.40. The molecule has 6 heteroatoms. The first-order valence-electron chi connectivity index (χ1n) is 15.2. The predicted octanol–water partition coefficient (Wildman–Crippen LogP) is 4.57. The van der Waals surface area contributed by atoms with Crippen molar-refractivity contribution in [2.75, 3.05) is 33.7 Å². The molecule has 210 valence electrons. The molecule has 1 aliphatic heterocycles. The lowest BCUT2D eigenvalue weighted by Gasteiger charge is -2.58. The van der Waals surface area contributed by atoms with Crippen LogP contribution >= 0.6 is 0 Å². The van der Waals surface area contributed by atoms with Crippen LogP contribution in [0.25, 0.3) is 0 Å². The van der Waals surface area contributed by atoms with Crippen LogP contribution in [-0.4, -0.2) is 66.6 Å². The zero-order chi connectivity index (χ0) is 26.9. The van der Waals surface area contributed by atoms with Gasteiger partial charge in [-0.05, 0) is 94.2 Å². The molecule has 1 aromatic carbocycles. The molecule has 4 aliphatic rings. The predicted molar refractivity (Wildman–Crippen MR) is 150 cm³/mol. The SMILES string of the molecule is CC1C(=O)N(CC(=O)NCC2CCC(O)C2)CC2(CCC(c3ccccc3)(N(C)C)CC2)C1CC1CCC1. The molecule has 1 heterocycles. The number of nitrogens with zero attached hydrogens (tertiary/aromatic N) is 2. The summed E-state index contributed by atoms with van der Waals surface area (Å²) in [6.07, 6.45) is 11.8. The van der Waals surface area contributed by atoms with Gasteiger partial charge in [0.2, 0.25) is 11.8 Å². The number of amides is 2. The minimum absolute atomic E-state index is 0.0201. The van der Waals surface area contributed by atoms with E-state index in [1.54, 1.807) is 0 Å². The summed E-state index contributed by atoms with van der Waals surface area (Å²) in [5.41, 5.74) is 1.49. The van der Waals surface area contributed by atoms with Gasteiger partial charge >= 0.3 is 0 Å². The van der Waals surface area contributed by atoms with Gasteiger partial charge in [-0.15, -0.1) is 0 Å². The van der Waals surface area contributed by atoms with E-state index in [9.17, 15) is 14.7 Å². The number of rotatable bonds is 8. The Kier molecular flexibility index (Phi) is 8.21. The standard InChI is InChI=1S/C32H49N3O3/c1-23-28(19-24-8-7-9-24)31(14-16-32(17-15-31,34(2)3)26-10-5-4-6-11-26)22-35(30(23)38)21-29(37)33-20-25-12-13-27(36)18-25/h4-6,10-11,23-25,27-28,36H,7-9,12-22H2,1-3H3,(H,33,37). The van der Waals surface area contributed by atoms with Crippen molar-refractivity contribution in [1.29, 1.82) is 0 Å². The van der Waals surface area contributed by atoms with Gasteiger partial charge in [-0.3, -0.25) is 14.5 Å². The van der Waals surface area contributed by atoms with Gasteiger partial charge in [0.15, 0.2) is 0 Å². The summed E-state index contributed by atoms with van der Waals surface area (Å²) < 4.78 is 0. The molecular weight excluding hydrogens is 474 g/mol. The fraction of sp³-hybridized carbons (Fsp3) is 0.750. The molecule has 4 atom stereocenters. The Hall–Kier alpha value is -1.92. The Bertz CT molecular complexity index is 967. The summed E-state index contributed by atoms with van der Waals surface area (Å²) in [5, 5.41) is 12.9. The van der Waals surface area contributed by atoms with Crippen molar-refractivity contribution in [1.82, 2.24) is 15.1 Å². The fourth-order valence-corrected chi connectivity index (χ4v) is 8.40. The zero-order valence-electron chi connectivity index (χ0n) is 23.8. The normalized spacial score (nSPS) is 36.0. The Balaban J connectivity index is 1.32. The molecular formula is C32H49N3O3. The Morgan fingerprint density at radius 3 is 2.34 bits per heavy atom. The monoisotopic (exact) mass is 523 g/mol. The molecule has 4 fully saturated rings. The highest BCUT2D eigenvalue weighted by atomic mass is 16.3. The summed E-state index contributed by atoms with van der Waals surface area (Å²) in [5.74, 6) is 1.58. The first kappa shape index (κ1) is 27.6. The molecule has 1 aromatic rings. The first-order chi connectivity index (χ1) is 18.2. The minimum Gasteiger partial charge on any atom is -0.393 e. The van der Waals surface area contributed by atoms with Crippen LogP contribution in [0.5, 0.6) is 0 Å². The minimum atomic E-state index is -0.231. The number of nitrogens with one attached hydrogen (secondary N) is 1. The second-order valence-electron chi connectivity index (χ2n) is 13.4. The third-order valence-electron chi connectivity index (χ3n) is 11.1. The van der Waals surface area contributed by atoms with Gasteiger partial charge in [-0.1, -0.05) is 56.5 Å². The lowest BCUT2D eigenvalue weighted by molar-refractivity contribution is -0.158. The van der Waals surface area contributed by atoms with Gasteiger partial charge in [0.1, 0.15) is 0 Å². The molecule has 5 rings (SSSR count). The van der Waals surface area contributed by atoms with Crippen molar-refractivity contribution in [3.05, 3.63) is 35.9 Å². The number of aliphatic hydroxyl groups is 1. The van der Waals surface area contributed by atoms with Crippen LogP contribution in [0.4, 0.5) is 0 Å². The second-order valence-corrected chi connectivity index (χ2v) is 13.4. The van der Waals surface area contributed by atoms with Gasteiger partial charge in [-0.2, -0.15) is 0 Å². The molecule has 0 radical (unpaired) electrons. The molecule has 0 aromatic heterocycles. The van der Waals surface area contributed by atoms with E-state index in [1.165, 1.54) is 24.8 Å². The molecule has 2 N–H and O–H groups in total. The van der Waals surface area contributed by atoms with E-state index in [1.807, 2.05) is 4.90 Å². The summed E-state index contributed by atoms with van der Waals surface area (Å²) in [6, 6.07) is 10.9. The number of likely N-dealkylation sites (tertiary alicyclic amines) is 1. The Morgan fingerprint density at radius 2 is 1.76 bits per heavy atom. The van der Waals surface area contributed by atoms with Crippen LogP contribution in [-0.2, 0) is 15.1 Å². The molecule has 3 aliphatic carbocycles. The third-order valence-corrected chi connectivity index (χ3v) is 11.1. The molecule has 38 heavy (non-hydrogen) atoms. The van der Waals surface area contributed by atoms with E-state index in [4.69, 9.17) is 0 Å². The number of carbonyl (C=O) groups excluding carboxylic acids is 2. The Labute approximate surface area is 229 Å². The lowest BCUT2D eigenvalue weighted by atomic mass is 9.53. The van der Waals surface area contributed by atoms with E-state index < -0.39 is 0 Å². The Morgan fingerprint density at radius 1 is 1.05 bits per heavy atom. The van der Waals surface area contributed by atoms with E-state index in [0.29, 0.717) is 24.9 Å². The van der Waals surface area contributed by atoms with Gasteiger partial charge < -0.3 is 15.3 Å². The summed E-state index contributed by atoms with van der Waals surface area (Å²) in [7, 11) is 4.42. The van der Waals surface area contributed by atoms with Gasteiger partial charge in [0.05, 0.1) is 12.6 Å². The van der Waals surface area contributed by atoms with E-state index in [-0.39, 0.29) is 41.3 Å². The van der Waals surface area contributed by atoms with Crippen LogP contribution in [0, 0.1) is 29.1 Å². The number of carbonyl (C=O) groups is 2. The number of piperidine rings is 1. The van der Waals surface area contributed by atoms with Crippen molar-refractivity contribution in [3.8, 4) is 0 Å². The largest absolute Gasteiger partial charge is 0.393 e. The maximum absolute atomic E-state index is 13.7. The van der Waals surface area contributed by atoms with Crippen LogP contribution in [0.1, 0.15) is 83.1 Å². The maximum atomic E-state index is 13.7. The highest BCUT2D eigenvalue weighted by Crippen LogP contribution is 2.57. The number of hydrogen-bond acceptors (Lipinski definition) is 4. The fourth-order valence-electron chi connectivity index (χ4n) is 8.40. The average molecular weight is 524 g/mol. The van der Waals surface area contributed by atoms with Crippen LogP contribution < -0.4 is 5.32 Å². The number of aliphatic hydroxyl groups excluding tert-OH is 1. The van der Waals surface area contributed by atoms with E-state index in [2.05, 4.69) is 61.6 Å². The molecule has 4 unspecified atom stereocenters. The maximum Gasteiger partial charge on any atom is 0.239 e. The molecule has 2 amide bonds. The zero-order valence-corrected chi connectivity index (χ0v) is 23.8. The number of hydrogen-bond donors (Lipinski definition) is 2. The highest BCUT2D eigenvalue weighted by Gasteiger charge is 2.55. The van der Waals surface area contributed by atoms with Crippen molar-refractivity contribution in [2.45, 2.75) is 89.2 Å². The smallest absolute Gasteiger partial charge is 0.239 e. The highest BCUT2D eigenvalue weighted by molar-refractivity contribution is 5.86. The van der Waals surface area contributed by atoms with Crippen molar-refractivity contribution >= 4 is 11.8 Å². The van der Waals surface area contributed by atoms with Crippen molar-refractivity contribution in [2.24, 2.45) is 29.1 Å². The quantitative estimate of drug-likeness (QED) is 0.524. The van der Waals surface area contributed by atoms with Crippen molar-refractivity contribution < 1.29 is 14.7 Å². The summed E-state index contributed by atoms with van der Waals surface area (Å²) in [4.78, 5) is 31.0.